The molecule has 1 aliphatic heterocycles. The molecular weight excluding hydrogens is 755 g/mol. The molecule has 0 saturated carbocycles. The van der Waals surface area contributed by atoms with Crippen molar-refractivity contribution in [1.29, 1.82) is 0 Å². The zero-order valence-corrected chi connectivity index (χ0v) is 36.3. The van der Waals surface area contributed by atoms with Gasteiger partial charge in [0.15, 0.2) is 6.29 Å². The predicted octanol–water partition coefficient (Wildman–Crippen LogP) is 7.36. The monoisotopic (exact) mass is 838 g/mol. The molecule has 1 saturated heterocycles. The maximum Gasteiger partial charge on any atom is 0.397 e. The largest absolute Gasteiger partial charge is 0.397 e. The molecule has 57 heavy (non-hydrogen) atoms. The molecule has 13 nitrogen and oxygen atoms in total. The van der Waals surface area contributed by atoms with Crippen molar-refractivity contribution in [1.82, 2.24) is 5.32 Å². The molecule has 1 heterocycles. The molecule has 338 valence electrons. The minimum Gasteiger partial charge on any atom is -0.394 e. The zero-order chi connectivity index (χ0) is 42.2. The Hall–Kier alpha value is -1.20. The van der Waals surface area contributed by atoms with E-state index >= 15 is 0 Å². The lowest BCUT2D eigenvalue weighted by Gasteiger charge is -2.41. The van der Waals surface area contributed by atoms with Gasteiger partial charge in [-0.15, -0.1) is 0 Å². The van der Waals surface area contributed by atoms with E-state index in [4.69, 9.17) is 14.0 Å². The van der Waals surface area contributed by atoms with Crippen molar-refractivity contribution in [2.45, 2.75) is 243 Å². The molecule has 1 amide bonds. The molecule has 0 radical (unpaired) electrons. The van der Waals surface area contributed by atoms with Gasteiger partial charge in [0.05, 0.1) is 25.4 Å². The van der Waals surface area contributed by atoms with Gasteiger partial charge in [0.2, 0.25) is 5.91 Å². The van der Waals surface area contributed by atoms with E-state index in [1.807, 2.05) is 6.08 Å². The average molecular weight is 838 g/mol. The summed E-state index contributed by atoms with van der Waals surface area (Å²) in [6.07, 6.45) is 24.4. The second kappa shape index (κ2) is 34.5. The molecule has 8 atom stereocenters. The van der Waals surface area contributed by atoms with Gasteiger partial charge >= 0.3 is 10.4 Å². The molecule has 0 spiro atoms. The van der Waals surface area contributed by atoms with E-state index in [1.54, 1.807) is 0 Å². The van der Waals surface area contributed by atoms with Crippen LogP contribution in [0.1, 0.15) is 194 Å². The fraction of sp³-hybridized carbons (Fsp3) is 0.930. The van der Waals surface area contributed by atoms with Crippen LogP contribution in [0.25, 0.3) is 0 Å². The van der Waals surface area contributed by atoms with E-state index in [-0.39, 0.29) is 6.42 Å². The van der Waals surface area contributed by atoms with Crippen LogP contribution in [0.4, 0.5) is 0 Å². The molecule has 1 rings (SSSR count). The first kappa shape index (κ1) is 53.8. The number of unbranched alkanes of at least 4 members (excludes halogenated alkanes) is 25. The summed E-state index contributed by atoms with van der Waals surface area (Å²) < 4.78 is 47.4. The Bertz CT molecular complexity index is 1100. The summed E-state index contributed by atoms with van der Waals surface area (Å²) in [5.74, 6) is -0.701. The van der Waals surface area contributed by atoms with E-state index in [2.05, 4.69) is 23.3 Å². The first-order valence-corrected chi connectivity index (χ1v) is 24.0. The second-order valence-electron chi connectivity index (χ2n) is 16.1. The van der Waals surface area contributed by atoms with Crippen molar-refractivity contribution >= 4 is 16.3 Å². The van der Waals surface area contributed by atoms with Gasteiger partial charge in [0.25, 0.3) is 0 Å². The molecule has 8 unspecified atom stereocenters. The van der Waals surface area contributed by atoms with Crippen LogP contribution in [-0.2, 0) is 28.9 Å². The smallest absolute Gasteiger partial charge is 0.394 e. The first-order valence-electron chi connectivity index (χ1n) is 22.7. The number of hydrogen-bond acceptors (Lipinski definition) is 11. The standard InChI is InChI=1S/C43H83NO12S/c1-3-5-7-9-11-13-15-17-18-19-20-22-24-26-28-30-32-37(47)42(50)44-35(36(46)31-29-27-25-23-21-16-14-12-10-8-6-4-2)34-54-43-40(49)41(56-57(51,52)53)39(48)38(33-45)55-43/h29,31,35-41,43,45-49H,3-28,30,32-34H2,1-2H3,(H,44,50)(H,51,52,53)/b31-29+. The lowest BCUT2D eigenvalue weighted by molar-refractivity contribution is -0.298. The Morgan fingerprint density at radius 2 is 1.14 bits per heavy atom. The molecular formula is C43H83NO12S. The van der Waals surface area contributed by atoms with Gasteiger partial charge in [0.1, 0.15) is 30.5 Å². The SMILES string of the molecule is CCCCCCCCCCCC/C=C/C(O)C(COC1OC(CO)C(O)C(OS(=O)(=O)O)C1O)NC(=O)C(O)CCCCCCCCCCCCCCCCCC. The van der Waals surface area contributed by atoms with Crippen LogP contribution in [0.2, 0.25) is 0 Å². The van der Waals surface area contributed by atoms with Crippen LogP contribution in [-0.4, -0.2) is 107 Å². The number of allylic oxidation sites excluding steroid dienone is 1. The third-order valence-corrected chi connectivity index (χ3v) is 11.4. The third kappa shape index (κ3) is 27.3. The van der Waals surface area contributed by atoms with Crippen molar-refractivity contribution in [3.63, 3.8) is 0 Å². The maximum absolute atomic E-state index is 13.1. The van der Waals surface area contributed by atoms with E-state index < -0.39 is 78.5 Å². The van der Waals surface area contributed by atoms with Gasteiger partial charge in [-0.3, -0.25) is 9.35 Å². The molecule has 0 aromatic carbocycles. The lowest BCUT2D eigenvalue weighted by atomic mass is 9.99. The highest BCUT2D eigenvalue weighted by Gasteiger charge is 2.48. The number of carbonyl (C=O) groups is 1. The Balaban J connectivity index is 2.58. The molecule has 0 aromatic heterocycles. The van der Waals surface area contributed by atoms with Gasteiger partial charge in [-0.2, -0.15) is 8.42 Å². The highest BCUT2D eigenvalue weighted by atomic mass is 32.3. The van der Waals surface area contributed by atoms with Gasteiger partial charge in [0, 0.05) is 0 Å². The van der Waals surface area contributed by atoms with E-state index in [9.17, 15) is 38.7 Å². The zero-order valence-electron chi connectivity index (χ0n) is 35.5. The van der Waals surface area contributed by atoms with E-state index in [0.29, 0.717) is 12.8 Å². The van der Waals surface area contributed by atoms with Crippen LogP contribution < -0.4 is 5.32 Å². The van der Waals surface area contributed by atoms with Crippen molar-refractivity contribution in [3.05, 3.63) is 12.2 Å². The number of ether oxygens (including phenoxy) is 2. The Morgan fingerprint density at radius 3 is 1.58 bits per heavy atom. The summed E-state index contributed by atoms with van der Waals surface area (Å²) in [6, 6.07) is -1.11. The molecule has 0 bridgehead atoms. The Morgan fingerprint density at radius 1 is 0.702 bits per heavy atom. The van der Waals surface area contributed by atoms with Crippen LogP contribution in [0.15, 0.2) is 12.2 Å². The van der Waals surface area contributed by atoms with Crippen LogP contribution in [0, 0.1) is 0 Å². The topological polar surface area (TPSA) is 212 Å². The number of aliphatic hydroxyl groups excluding tert-OH is 5. The number of rotatable bonds is 38. The van der Waals surface area contributed by atoms with Crippen LogP contribution in [0.5, 0.6) is 0 Å². The summed E-state index contributed by atoms with van der Waals surface area (Å²) in [4.78, 5) is 13.1. The van der Waals surface area contributed by atoms with Gasteiger partial charge < -0.3 is 40.3 Å². The fourth-order valence-electron chi connectivity index (χ4n) is 7.28. The molecule has 7 N–H and O–H groups in total. The quantitative estimate of drug-likeness (QED) is 0.0185. The summed E-state index contributed by atoms with van der Waals surface area (Å²) in [5.41, 5.74) is 0. The Labute approximate surface area is 345 Å². The molecule has 1 fully saturated rings. The molecule has 14 heteroatoms. The van der Waals surface area contributed by atoms with Crippen molar-refractivity contribution in [2.24, 2.45) is 0 Å². The number of aliphatic hydroxyl groups is 5. The van der Waals surface area contributed by atoms with Gasteiger partial charge in [-0.1, -0.05) is 187 Å². The second-order valence-corrected chi connectivity index (χ2v) is 17.2. The number of hydrogen-bond donors (Lipinski definition) is 7. The van der Waals surface area contributed by atoms with Gasteiger partial charge in [-0.05, 0) is 19.3 Å². The van der Waals surface area contributed by atoms with E-state index in [0.717, 1.165) is 38.5 Å². The van der Waals surface area contributed by atoms with Crippen LogP contribution in [0.3, 0.4) is 0 Å². The lowest BCUT2D eigenvalue weighted by Crippen LogP contribution is -2.61. The van der Waals surface area contributed by atoms with E-state index in [1.165, 1.54) is 128 Å². The minimum absolute atomic E-state index is 0.248. The number of carbonyl (C=O) groups excluding carboxylic acids is 1. The minimum atomic E-state index is -5.11. The normalized spacial score (nSPS) is 21.9. The molecule has 0 aromatic rings. The van der Waals surface area contributed by atoms with Crippen molar-refractivity contribution in [2.75, 3.05) is 13.2 Å². The van der Waals surface area contributed by atoms with Crippen LogP contribution >= 0.6 is 0 Å². The highest BCUT2D eigenvalue weighted by molar-refractivity contribution is 7.80. The highest BCUT2D eigenvalue weighted by Crippen LogP contribution is 2.26. The summed E-state index contributed by atoms with van der Waals surface area (Å²) >= 11 is 0. The Kier molecular flexibility index (Phi) is 32.6. The molecule has 0 aliphatic carbocycles. The summed E-state index contributed by atoms with van der Waals surface area (Å²) in [5, 5.41) is 55.1. The summed E-state index contributed by atoms with van der Waals surface area (Å²) in [6.45, 7) is 3.20. The van der Waals surface area contributed by atoms with Gasteiger partial charge in [-0.25, -0.2) is 4.18 Å². The number of amides is 1. The molecule has 1 aliphatic rings. The van der Waals surface area contributed by atoms with Crippen molar-refractivity contribution in [3.8, 4) is 0 Å². The fourth-order valence-corrected chi connectivity index (χ4v) is 7.79. The predicted molar refractivity (Wildman–Crippen MR) is 224 cm³/mol. The average Bonchev–Trinajstić information content (AvgIpc) is 3.18. The number of nitrogens with one attached hydrogen (secondary N) is 1. The van der Waals surface area contributed by atoms with Crippen molar-refractivity contribution < 1.29 is 57.0 Å². The maximum atomic E-state index is 13.1. The summed E-state index contributed by atoms with van der Waals surface area (Å²) in [7, 11) is -5.11. The third-order valence-electron chi connectivity index (χ3n) is 10.9. The first-order chi connectivity index (χ1) is 27.4.